The summed E-state index contributed by atoms with van der Waals surface area (Å²) in [5.41, 5.74) is 0.271. The van der Waals surface area contributed by atoms with E-state index >= 15 is 0 Å². The molecule has 0 atom stereocenters. The number of anilines is 3. The fourth-order valence-corrected chi connectivity index (χ4v) is 4.28. The Morgan fingerprint density at radius 1 is 1.00 bits per heavy atom. The second-order valence-electron chi connectivity index (χ2n) is 10.0. The molecular weight excluding hydrogens is 542 g/mol. The van der Waals surface area contributed by atoms with Crippen molar-refractivity contribution < 1.29 is 31.9 Å². The molecule has 1 saturated carbocycles. The maximum Gasteiger partial charge on any atom is 0.416 e. The standard InChI is InChI=1S/C29H27F4N5O3/c1-38-10-7-17(8-11-38)19-12-20(29(31,32)33)14-22(13-19)36-28(40)35-21-4-5-25(24(30)15-21)41-23-6-9-34-26(16-23)37-27(39)18-2-3-18/h4-7,9,12-16,18H,2-3,8,10-11H2,1H3,(H,34,37,39)(H2,35,36,40). The molecule has 5 rings (SSSR count). The molecule has 8 nitrogen and oxygen atoms in total. The van der Waals surface area contributed by atoms with Crippen molar-refractivity contribution in [1.82, 2.24) is 9.88 Å². The van der Waals surface area contributed by atoms with Gasteiger partial charge in [-0.15, -0.1) is 0 Å². The Hall–Kier alpha value is -4.45. The summed E-state index contributed by atoms with van der Waals surface area (Å²) in [5.74, 6) is -0.560. The molecule has 2 heterocycles. The fourth-order valence-electron chi connectivity index (χ4n) is 4.28. The van der Waals surface area contributed by atoms with Gasteiger partial charge in [0.2, 0.25) is 5.91 Å². The summed E-state index contributed by atoms with van der Waals surface area (Å²) in [6.07, 6.45) is 0.926. The van der Waals surface area contributed by atoms with Crippen LogP contribution >= 0.6 is 0 Å². The van der Waals surface area contributed by atoms with Crippen LogP contribution in [-0.2, 0) is 11.0 Å². The predicted octanol–water partition coefficient (Wildman–Crippen LogP) is 6.74. The second-order valence-corrected chi connectivity index (χ2v) is 10.0. The van der Waals surface area contributed by atoms with Crippen molar-refractivity contribution in [3.05, 3.63) is 77.7 Å². The number of carbonyl (C=O) groups excluding carboxylic acids is 2. The number of nitrogens with zero attached hydrogens (tertiary/aromatic N) is 2. The highest BCUT2D eigenvalue weighted by atomic mass is 19.4. The molecule has 0 unspecified atom stereocenters. The molecule has 3 aromatic rings. The molecule has 1 fully saturated rings. The van der Waals surface area contributed by atoms with Crippen LogP contribution in [0.4, 0.5) is 39.5 Å². The highest BCUT2D eigenvalue weighted by Crippen LogP contribution is 2.35. The number of pyridine rings is 1. The van der Waals surface area contributed by atoms with E-state index in [0.29, 0.717) is 25.1 Å². The lowest BCUT2D eigenvalue weighted by Crippen LogP contribution is -2.24. The highest BCUT2D eigenvalue weighted by molar-refractivity contribution is 6.00. The summed E-state index contributed by atoms with van der Waals surface area (Å²) in [6, 6.07) is 9.23. The zero-order valence-electron chi connectivity index (χ0n) is 22.0. The molecule has 12 heteroatoms. The van der Waals surface area contributed by atoms with Gasteiger partial charge in [-0.1, -0.05) is 6.08 Å². The monoisotopic (exact) mass is 569 g/mol. The molecular formula is C29H27F4N5O3. The maximum absolute atomic E-state index is 14.8. The van der Waals surface area contributed by atoms with Crippen LogP contribution in [0.15, 0.2) is 60.8 Å². The first-order valence-electron chi connectivity index (χ1n) is 13.0. The van der Waals surface area contributed by atoms with Gasteiger partial charge in [0.1, 0.15) is 11.6 Å². The number of likely N-dealkylation sites (N-methyl/N-ethyl adjacent to an activating group) is 1. The number of benzene rings is 2. The van der Waals surface area contributed by atoms with E-state index in [-0.39, 0.29) is 40.5 Å². The third-order valence-electron chi connectivity index (χ3n) is 6.65. The third-order valence-corrected chi connectivity index (χ3v) is 6.65. The van der Waals surface area contributed by atoms with E-state index in [9.17, 15) is 27.2 Å². The first-order valence-corrected chi connectivity index (χ1v) is 13.0. The zero-order valence-corrected chi connectivity index (χ0v) is 22.0. The summed E-state index contributed by atoms with van der Waals surface area (Å²) >= 11 is 0. The first-order chi connectivity index (χ1) is 19.5. The van der Waals surface area contributed by atoms with E-state index in [2.05, 4.69) is 20.9 Å². The molecule has 3 N–H and O–H groups in total. The van der Waals surface area contributed by atoms with Crippen molar-refractivity contribution >= 4 is 34.7 Å². The Morgan fingerprint density at radius 2 is 1.78 bits per heavy atom. The minimum absolute atomic E-state index is 0.0109. The van der Waals surface area contributed by atoms with Gasteiger partial charge in [0.25, 0.3) is 0 Å². The number of urea groups is 1. The minimum atomic E-state index is -4.60. The van der Waals surface area contributed by atoms with E-state index in [1.807, 2.05) is 18.0 Å². The number of hydrogen-bond acceptors (Lipinski definition) is 5. The van der Waals surface area contributed by atoms with Gasteiger partial charge >= 0.3 is 12.2 Å². The molecule has 1 aromatic heterocycles. The summed E-state index contributed by atoms with van der Waals surface area (Å²) in [5, 5.41) is 7.53. The van der Waals surface area contributed by atoms with Crippen LogP contribution in [0.25, 0.3) is 5.57 Å². The number of carbonyl (C=O) groups is 2. The number of rotatable bonds is 7. The maximum atomic E-state index is 14.8. The van der Waals surface area contributed by atoms with E-state index < -0.39 is 23.6 Å². The smallest absolute Gasteiger partial charge is 0.416 e. The number of halogens is 4. The Labute approximate surface area is 233 Å². The van der Waals surface area contributed by atoms with Gasteiger partial charge in [0.05, 0.1) is 5.56 Å². The molecule has 1 aliphatic heterocycles. The number of alkyl halides is 3. The van der Waals surface area contributed by atoms with Crippen molar-refractivity contribution in [3.8, 4) is 11.5 Å². The summed E-state index contributed by atoms with van der Waals surface area (Å²) in [4.78, 5) is 30.7. The van der Waals surface area contributed by atoms with Crippen LogP contribution in [0.3, 0.4) is 0 Å². The average Bonchev–Trinajstić information content (AvgIpc) is 3.76. The summed E-state index contributed by atoms with van der Waals surface area (Å²) in [7, 11) is 1.92. The fraction of sp³-hybridized carbons (Fsp3) is 0.276. The van der Waals surface area contributed by atoms with Crippen LogP contribution in [0, 0.1) is 11.7 Å². The molecule has 0 bridgehead atoms. The van der Waals surface area contributed by atoms with Crippen LogP contribution < -0.4 is 20.7 Å². The Balaban J connectivity index is 1.25. The van der Waals surface area contributed by atoms with Crippen molar-refractivity contribution in [1.29, 1.82) is 0 Å². The van der Waals surface area contributed by atoms with Crippen LogP contribution in [0.5, 0.6) is 11.5 Å². The number of ether oxygens (including phenoxy) is 1. The average molecular weight is 570 g/mol. The summed E-state index contributed by atoms with van der Waals surface area (Å²) in [6.45, 7) is 1.31. The van der Waals surface area contributed by atoms with Crippen molar-refractivity contribution in [3.63, 3.8) is 0 Å². The Morgan fingerprint density at radius 3 is 2.46 bits per heavy atom. The lowest BCUT2D eigenvalue weighted by atomic mass is 9.97. The highest BCUT2D eigenvalue weighted by Gasteiger charge is 2.32. The molecule has 0 spiro atoms. The van der Waals surface area contributed by atoms with E-state index in [0.717, 1.165) is 36.6 Å². The number of nitrogens with one attached hydrogen (secondary N) is 3. The number of hydrogen-bond donors (Lipinski definition) is 3. The van der Waals surface area contributed by atoms with Gasteiger partial charge < -0.3 is 25.6 Å². The number of aromatic nitrogens is 1. The minimum Gasteiger partial charge on any atom is -0.454 e. The molecule has 2 aromatic carbocycles. The summed E-state index contributed by atoms with van der Waals surface area (Å²) < 4.78 is 61.1. The molecule has 0 saturated heterocycles. The molecule has 3 amide bonds. The van der Waals surface area contributed by atoms with Gasteiger partial charge in [-0.25, -0.2) is 14.2 Å². The Bertz CT molecular complexity index is 1500. The quantitative estimate of drug-likeness (QED) is 0.274. The first kappa shape index (κ1) is 28.1. The van der Waals surface area contributed by atoms with Crippen LogP contribution in [0.1, 0.15) is 30.4 Å². The lowest BCUT2D eigenvalue weighted by Gasteiger charge is -2.23. The molecule has 41 heavy (non-hydrogen) atoms. The zero-order chi connectivity index (χ0) is 29.1. The SMILES string of the molecule is CN1CC=C(c2cc(NC(=O)Nc3ccc(Oc4ccnc(NC(=O)C5CC5)c4)c(F)c3)cc(C(F)(F)F)c2)CC1. The molecule has 1 aliphatic carbocycles. The largest absolute Gasteiger partial charge is 0.454 e. The normalized spacial score (nSPS) is 15.6. The second kappa shape index (κ2) is 11.6. The van der Waals surface area contributed by atoms with Crippen molar-refractivity contribution in [2.45, 2.75) is 25.4 Å². The van der Waals surface area contributed by atoms with E-state index in [4.69, 9.17) is 4.74 Å². The van der Waals surface area contributed by atoms with Gasteiger partial charge in [-0.05, 0) is 73.8 Å². The third kappa shape index (κ3) is 7.40. The van der Waals surface area contributed by atoms with Gasteiger partial charge in [-0.2, -0.15) is 13.2 Å². The van der Waals surface area contributed by atoms with Crippen LogP contribution in [0.2, 0.25) is 0 Å². The Kier molecular flexibility index (Phi) is 7.93. The number of amides is 3. The van der Waals surface area contributed by atoms with Gasteiger partial charge in [0, 0.05) is 48.7 Å². The van der Waals surface area contributed by atoms with E-state index in [1.165, 1.54) is 36.5 Å². The molecule has 214 valence electrons. The predicted molar refractivity (Wildman–Crippen MR) is 146 cm³/mol. The molecule has 0 radical (unpaired) electrons. The lowest BCUT2D eigenvalue weighted by molar-refractivity contribution is -0.137. The molecule has 2 aliphatic rings. The van der Waals surface area contributed by atoms with Gasteiger partial charge in [0.15, 0.2) is 11.6 Å². The van der Waals surface area contributed by atoms with Gasteiger partial charge in [-0.3, -0.25) is 4.79 Å². The van der Waals surface area contributed by atoms with Crippen LogP contribution in [-0.4, -0.2) is 42.0 Å². The topological polar surface area (TPSA) is 95.6 Å². The van der Waals surface area contributed by atoms with Crippen molar-refractivity contribution in [2.75, 3.05) is 36.1 Å². The van der Waals surface area contributed by atoms with Crippen molar-refractivity contribution in [2.24, 2.45) is 5.92 Å². The van der Waals surface area contributed by atoms with E-state index in [1.54, 1.807) is 0 Å².